The quantitative estimate of drug-likeness (QED) is 0.811. The van der Waals surface area contributed by atoms with Gasteiger partial charge >= 0.3 is 0 Å². The van der Waals surface area contributed by atoms with Crippen molar-refractivity contribution >= 4 is 11.6 Å². The summed E-state index contributed by atoms with van der Waals surface area (Å²) in [6.45, 7) is 4.03. The molecule has 0 aromatic carbocycles. The summed E-state index contributed by atoms with van der Waals surface area (Å²) < 4.78 is 1.55. The largest absolute Gasteiger partial charge is 0.395 e. The molecule has 2 unspecified atom stereocenters. The van der Waals surface area contributed by atoms with Crippen molar-refractivity contribution < 1.29 is 4.79 Å². The van der Waals surface area contributed by atoms with Gasteiger partial charge in [0.05, 0.1) is 11.4 Å². The van der Waals surface area contributed by atoms with E-state index in [0.29, 0.717) is 23.0 Å². The fourth-order valence-electron chi connectivity index (χ4n) is 2.54. The van der Waals surface area contributed by atoms with Crippen molar-refractivity contribution in [1.29, 1.82) is 0 Å². The van der Waals surface area contributed by atoms with Gasteiger partial charge in [0.25, 0.3) is 5.91 Å². The van der Waals surface area contributed by atoms with Gasteiger partial charge < -0.3 is 11.1 Å². The highest BCUT2D eigenvalue weighted by molar-refractivity contribution is 5.98. The monoisotopic (exact) mass is 236 g/mol. The van der Waals surface area contributed by atoms with Crippen LogP contribution in [0.5, 0.6) is 0 Å². The van der Waals surface area contributed by atoms with E-state index in [4.69, 9.17) is 5.73 Å². The Morgan fingerprint density at radius 1 is 1.53 bits per heavy atom. The third kappa shape index (κ3) is 2.28. The number of carbonyl (C=O) groups excluding carboxylic acids is 1. The fourth-order valence-corrected chi connectivity index (χ4v) is 2.54. The molecular weight excluding hydrogens is 216 g/mol. The highest BCUT2D eigenvalue weighted by Gasteiger charge is 2.25. The molecule has 5 nitrogen and oxygen atoms in total. The van der Waals surface area contributed by atoms with E-state index in [-0.39, 0.29) is 11.9 Å². The van der Waals surface area contributed by atoms with Gasteiger partial charge in [-0.05, 0) is 32.1 Å². The number of nitrogens with two attached hydrogens (primary N) is 1. The smallest absolute Gasteiger partial charge is 0.271 e. The second-order valence-corrected chi connectivity index (χ2v) is 5.06. The average molecular weight is 236 g/mol. The molecule has 1 heterocycles. The van der Waals surface area contributed by atoms with Crippen LogP contribution in [0.2, 0.25) is 0 Å². The zero-order valence-electron chi connectivity index (χ0n) is 10.7. The fraction of sp³-hybridized carbons (Fsp3) is 0.667. The molecule has 1 aliphatic carbocycles. The Morgan fingerprint density at radius 2 is 2.24 bits per heavy atom. The first-order chi connectivity index (χ1) is 7.99. The molecule has 0 saturated heterocycles. The Bertz CT molecular complexity index is 438. The molecule has 2 atom stereocenters. The van der Waals surface area contributed by atoms with E-state index in [2.05, 4.69) is 17.3 Å². The van der Waals surface area contributed by atoms with Gasteiger partial charge in [-0.1, -0.05) is 6.92 Å². The first-order valence-corrected chi connectivity index (χ1v) is 6.09. The molecule has 3 N–H and O–H groups in total. The number of nitrogens with zero attached hydrogens (tertiary/aromatic N) is 2. The molecule has 1 aromatic rings. The molecule has 0 spiro atoms. The van der Waals surface area contributed by atoms with Crippen LogP contribution in [0.1, 0.15) is 42.4 Å². The molecule has 17 heavy (non-hydrogen) atoms. The van der Waals surface area contributed by atoms with Gasteiger partial charge in [-0.25, -0.2) is 0 Å². The van der Waals surface area contributed by atoms with E-state index >= 15 is 0 Å². The van der Waals surface area contributed by atoms with E-state index < -0.39 is 0 Å². The lowest BCUT2D eigenvalue weighted by Gasteiger charge is -2.12. The lowest BCUT2D eigenvalue weighted by atomic mass is 10.1. The van der Waals surface area contributed by atoms with Crippen molar-refractivity contribution in [2.45, 2.75) is 39.2 Å². The molecule has 1 aliphatic rings. The Labute approximate surface area is 101 Å². The Balaban J connectivity index is 2.09. The summed E-state index contributed by atoms with van der Waals surface area (Å²) in [4.78, 5) is 12.1. The third-order valence-corrected chi connectivity index (χ3v) is 3.51. The number of aryl methyl sites for hydroxylation is 2. The maximum atomic E-state index is 12.1. The number of hydrogen-bond donors (Lipinski definition) is 2. The SMILES string of the molecule is Cc1nn(C)c(C(=O)NC2CCC(C)C2)c1N. The predicted molar refractivity (Wildman–Crippen MR) is 66.6 cm³/mol. The number of amides is 1. The zero-order valence-corrected chi connectivity index (χ0v) is 10.7. The second-order valence-electron chi connectivity index (χ2n) is 5.06. The van der Waals surface area contributed by atoms with Crippen molar-refractivity contribution in [3.05, 3.63) is 11.4 Å². The van der Waals surface area contributed by atoms with Crippen molar-refractivity contribution in [2.24, 2.45) is 13.0 Å². The molecule has 1 saturated carbocycles. The number of nitrogens with one attached hydrogen (secondary N) is 1. The summed E-state index contributed by atoms with van der Waals surface area (Å²) >= 11 is 0. The maximum Gasteiger partial charge on any atom is 0.271 e. The molecule has 94 valence electrons. The van der Waals surface area contributed by atoms with Gasteiger partial charge in [0, 0.05) is 13.1 Å². The molecule has 0 aliphatic heterocycles. The Hall–Kier alpha value is -1.52. The van der Waals surface area contributed by atoms with Crippen LogP contribution in [0.25, 0.3) is 0 Å². The molecule has 1 fully saturated rings. The minimum atomic E-state index is -0.107. The van der Waals surface area contributed by atoms with Crippen molar-refractivity contribution in [3.8, 4) is 0 Å². The molecular formula is C12H20N4O. The molecule has 0 radical (unpaired) electrons. The summed E-state index contributed by atoms with van der Waals surface area (Å²) in [6.07, 6.45) is 3.30. The molecule has 2 rings (SSSR count). The maximum absolute atomic E-state index is 12.1. The van der Waals surface area contributed by atoms with Crippen LogP contribution in [-0.2, 0) is 7.05 Å². The van der Waals surface area contributed by atoms with Crippen LogP contribution < -0.4 is 11.1 Å². The predicted octanol–water partition coefficient (Wildman–Crippen LogP) is 1.23. The van der Waals surface area contributed by atoms with Gasteiger partial charge in [-0.15, -0.1) is 0 Å². The standard InChI is InChI=1S/C12H20N4O/c1-7-4-5-9(6-7)14-12(17)11-10(13)8(2)15-16(11)3/h7,9H,4-6,13H2,1-3H3,(H,14,17). The van der Waals surface area contributed by atoms with Crippen LogP contribution in [0, 0.1) is 12.8 Å². The number of carbonyl (C=O) groups is 1. The number of aromatic nitrogens is 2. The van der Waals surface area contributed by atoms with Crippen molar-refractivity contribution in [3.63, 3.8) is 0 Å². The van der Waals surface area contributed by atoms with Crippen LogP contribution in [0.3, 0.4) is 0 Å². The summed E-state index contributed by atoms with van der Waals surface area (Å²) in [5, 5.41) is 7.19. The minimum Gasteiger partial charge on any atom is -0.395 e. The van der Waals surface area contributed by atoms with E-state index in [9.17, 15) is 4.79 Å². The van der Waals surface area contributed by atoms with Gasteiger partial charge in [0.2, 0.25) is 0 Å². The summed E-state index contributed by atoms with van der Waals surface area (Å²) in [7, 11) is 1.75. The Kier molecular flexibility index (Phi) is 3.09. The van der Waals surface area contributed by atoms with Gasteiger partial charge in [-0.3, -0.25) is 9.48 Å². The first-order valence-electron chi connectivity index (χ1n) is 6.09. The van der Waals surface area contributed by atoms with Crippen molar-refractivity contribution in [1.82, 2.24) is 15.1 Å². The van der Waals surface area contributed by atoms with Crippen LogP contribution in [0.15, 0.2) is 0 Å². The number of nitrogen functional groups attached to an aromatic ring is 1. The number of hydrogen-bond acceptors (Lipinski definition) is 3. The van der Waals surface area contributed by atoms with E-state index in [1.807, 2.05) is 6.92 Å². The van der Waals surface area contributed by atoms with Crippen LogP contribution in [0.4, 0.5) is 5.69 Å². The normalized spacial score (nSPS) is 23.9. The summed E-state index contributed by atoms with van der Waals surface area (Å²) in [5.74, 6) is 0.593. The van der Waals surface area contributed by atoms with Crippen LogP contribution >= 0.6 is 0 Å². The Morgan fingerprint density at radius 3 is 2.71 bits per heavy atom. The highest BCUT2D eigenvalue weighted by atomic mass is 16.2. The van der Waals surface area contributed by atoms with E-state index in [1.54, 1.807) is 11.7 Å². The second kappa shape index (κ2) is 4.39. The van der Waals surface area contributed by atoms with Gasteiger partial charge in [0.1, 0.15) is 5.69 Å². The van der Waals surface area contributed by atoms with E-state index in [0.717, 1.165) is 12.8 Å². The summed E-state index contributed by atoms with van der Waals surface area (Å²) in [6, 6.07) is 0.284. The molecule has 1 amide bonds. The number of rotatable bonds is 2. The first kappa shape index (κ1) is 12.0. The minimum absolute atomic E-state index is 0.107. The zero-order chi connectivity index (χ0) is 12.6. The number of anilines is 1. The molecule has 5 heteroatoms. The molecule has 1 aromatic heterocycles. The lowest BCUT2D eigenvalue weighted by molar-refractivity contribution is 0.0928. The van der Waals surface area contributed by atoms with Gasteiger partial charge in [-0.2, -0.15) is 5.10 Å². The van der Waals surface area contributed by atoms with Gasteiger partial charge in [0.15, 0.2) is 0 Å². The van der Waals surface area contributed by atoms with E-state index in [1.165, 1.54) is 6.42 Å². The molecule has 0 bridgehead atoms. The lowest BCUT2D eigenvalue weighted by Crippen LogP contribution is -2.34. The van der Waals surface area contributed by atoms with Crippen LogP contribution in [-0.4, -0.2) is 21.7 Å². The highest BCUT2D eigenvalue weighted by Crippen LogP contribution is 2.25. The average Bonchev–Trinajstić information content (AvgIpc) is 2.73. The topological polar surface area (TPSA) is 72.9 Å². The van der Waals surface area contributed by atoms with Crippen molar-refractivity contribution in [2.75, 3.05) is 5.73 Å². The third-order valence-electron chi connectivity index (χ3n) is 3.51. The summed E-state index contributed by atoms with van der Waals surface area (Å²) in [5.41, 5.74) is 7.52.